The van der Waals surface area contributed by atoms with E-state index in [2.05, 4.69) is 76.7 Å². The second-order valence-corrected chi connectivity index (χ2v) is 5.89. The van der Waals surface area contributed by atoms with Gasteiger partial charge in [0.05, 0.1) is 17.8 Å². The van der Waals surface area contributed by atoms with Gasteiger partial charge in [-0.15, -0.1) is 0 Å². The Bertz CT molecular complexity index is 762. The van der Waals surface area contributed by atoms with Crippen molar-refractivity contribution < 1.29 is 0 Å². The first-order valence-electron chi connectivity index (χ1n) is 7.74. The molecule has 3 heteroatoms. The third-order valence-electron chi connectivity index (χ3n) is 4.32. The lowest BCUT2D eigenvalue weighted by Gasteiger charge is -2.33. The topological polar surface area (TPSA) is 29.9 Å². The van der Waals surface area contributed by atoms with Crippen LogP contribution in [0.2, 0.25) is 0 Å². The highest BCUT2D eigenvalue weighted by molar-refractivity contribution is 5.45. The molecule has 2 aromatic carbocycles. The monoisotopic (exact) mass is 289 g/mol. The minimum Gasteiger partial charge on any atom is -0.363 e. The van der Waals surface area contributed by atoms with Crippen molar-refractivity contribution in [2.75, 3.05) is 5.32 Å². The Hall–Kier alpha value is -2.55. The molecule has 0 bridgehead atoms. The van der Waals surface area contributed by atoms with Gasteiger partial charge in [0, 0.05) is 6.07 Å². The summed E-state index contributed by atoms with van der Waals surface area (Å²) in [6.07, 6.45) is 1.00. The van der Waals surface area contributed by atoms with Gasteiger partial charge >= 0.3 is 0 Å². The zero-order valence-corrected chi connectivity index (χ0v) is 12.6. The lowest BCUT2D eigenvalue weighted by Crippen LogP contribution is -2.27. The maximum absolute atomic E-state index is 4.69. The van der Waals surface area contributed by atoms with Crippen molar-refractivity contribution in [1.82, 2.24) is 9.78 Å². The molecular formula is C19H19N3. The Morgan fingerprint density at radius 2 is 1.59 bits per heavy atom. The molecule has 0 saturated heterocycles. The first kappa shape index (κ1) is 13.1. The van der Waals surface area contributed by atoms with Crippen molar-refractivity contribution in [1.29, 1.82) is 0 Å². The minimum atomic E-state index is 0.274. The molecule has 3 nitrogen and oxygen atoms in total. The number of hydrogen-bond donors (Lipinski definition) is 1. The van der Waals surface area contributed by atoms with Crippen LogP contribution in [0.25, 0.3) is 0 Å². The van der Waals surface area contributed by atoms with Gasteiger partial charge in [-0.1, -0.05) is 60.7 Å². The smallest absolute Gasteiger partial charge is 0.125 e. The van der Waals surface area contributed by atoms with Gasteiger partial charge < -0.3 is 5.32 Å². The van der Waals surface area contributed by atoms with E-state index in [0.717, 1.165) is 17.9 Å². The zero-order chi connectivity index (χ0) is 14.9. The molecule has 0 spiro atoms. The van der Waals surface area contributed by atoms with Gasteiger partial charge in [0.15, 0.2) is 0 Å². The number of rotatable bonds is 2. The van der Waals surface area contributed by atoms with Crippen molar-refractivity contribution >= 4 is 5.82 Å². The van der Waals surface area contributed by atoms with Crippen LogP contribution in [-0.2, 0) is 0 Å². The van der Waals surface area contributed by atoms with Crippen molar-refractivity contribution in [3.8, 4) is 0 Å². The third kappa shape index (κ3) is 2.29. The summed E-state index contributed by atoms with van der Waals surface area (Å²) in [5.41, 5.74) is 3.69. The first-order chi connectivity index (χ1) is 10.8. The van der Waals surface area contributed by atoms with Crippen molar-refractivity contribution in [2.24, 2.45) is 0 Å². The SMILES string of the molecule is Cc1cc2n(n1)[C@H](c1ccccc1)C[C@@H](c1ccccc1)N2. The number of hydrogen-bond acceptors (Lipinski definition) is 2. The number of nitrogens with zero attached hydrogens (tertiary/aromatic N) is 2. The van der Waals surface area contributed by atoms with Crippen LogP contribution in [0.15, 0.2) is 66.7 Å². The average molecular weight is 289 g/mol. The summed E-state index contributed by atoms with van der Waals surface area (Å²) in [6, 6.07) is 24.0. The quantitative estimate of drug-likeness (QED) is 0.760. The molecule has 3 aromatic rings. The fraction of sp³-hybridized carbons (Fsp3) is 0.211. The normalized spacial score (nSPS) is 20.2. The lowest BCUT2D eigenvalue weighted by atomic mass is 9.93. The van der Waals surface area contributed by atoms with Crippen LogP contribution in [0.1, 0.15) is 35.3 Å². The van der Waals surface area contributed by atoms with Crippen molar-refractivity contribution in [2.45, 2.75) is 25.4 Å². The van der Waals surface area contributed by atoms with Crippen LogP contribution in [0.3, 0.4) is 0 Å². The lowest BCUT2D eigenvalue weighted by molar-refractivity contribution is 0.431. The summed E-state index contributed by atoms with van der Waals surface area (Å²) >= 11 is 0. The standard InChI is InChI=1S/C19H19N3/c1-14-12-19-20-17(15-8-4-2-5-9-15)13-18(22(19)21-14)16-10-6-3-7-11-16/h2-12,17-18,20H,13H2,1H3/t17-,18-/m0/s1. The number of anilines is 1. The van der Waals surface area contributed by atoms with Crippen molar-refractivity contribution in [3.63, 3.8) is 0 Å². The van der Waals surface area contributed by atoms with Gasteiger partial charge in [-0.05, 0) is 24.5 Å². The van der Waals surface area contributed by atoms with E-state index >= 15 is 0 Å². The van der Waals surface area contributed by atoms with Crippen LogP contribution in [0.5, 0.6) is 0 Å². The van der Waals surface area contributed by atoms with Crippen LogP contribution in [0, 0.1) is 6.92 Å². The van der Waals surface area contributed by atoms with Gasteiger partial charge in [-0.2, -0.15) is 5.10 Å². The molecule has 0 aliphatic carbocycles. The van der Waals surface area contributed by atoms with Gasteiger partial charge in [0.1, 0.15) is 5.82 Å². The Kier molecular flexibility index (Phi) is 3.19. The third-order valence-corrected chi connectivity index (χ3v) is 4.32. The molecule has 4 rings (SSSR count). The molecule has 1 N–H and O–H groups in total. The van der Waals surface area contributed by atoms with E-state index in [9.17, 15) is 0 Å². The largest absolute Gasteiger partial charge is 0.363 e. The molecule has 1 aliphatic rings. The molecule has 0 unspecified atom stereocenters. The van der Waals surface area contributed by atoms with E-state index in [1.165, 1.54) is 11.1 Å². The van der Waals surface area contributed by atoms with E-state index in [1.54, 1.807) is 0 Å². The summed E-state index contributed by atoms with van der Waals surface area (Å²) in [5.74, 6) is 1.10. The Morgan fingerprint density at radius 3 is 2.27 bits per heavy atom. The number of benzene rings is 2. The van der Waals surface area contributed by atoms with Gasteiger partial charge in [0.25, 0.3) is 0 Å². The second-order valence-electron chi connectivity index (χ2n) is 5.89. The molecule has 2 atom stereocenters. The Morgan fingerprint density at radius 1 is 0.955 bits per heavy atom. The predicted molar refractivity (Wildman–Crippen MR) is 89.0 cm³/mol. The molecule has 1 aromatic heterocycles. The number of aromatic nitrogens is 2. The van der Waals surface area contributed by atoms with Crippen LogP contribution < -0.4 is 5.32 Å². The number of nitrogens with one attached hydrogen (secondary N) is 1. The maximum Gasteiger partial charge on any atom is 0.125 e. The fourth-order valence-electron chi connectivity index (χ4n) is 3.28. The molecular weight excluding hydrogens is 270 g/mol. The summed E-state index contributed by atoms with van der Waals surface area (Å²) in [7, 11) is 0. The van der Waals surface area contributed by atoms with Gasteiger partial charge in [-0.25, -0.2) is 4.68 Å². The number of aryl methyl sites for hydroxylation is 1. The van der Waals surface area contributed by atoms with Gasteiger partial charge in [-0.3, -0.25) is 0 Å². The molecule has 0 saturated carbocycles. The minimum absolute atomic E-state index is 0.274. The van der Waals surface area contributed by atoms with Crippen LogP contribution in [0.4, 0.5) is 5.82 Å². The van der Waals surface area contributed by atoms with E-state index in [-0.39, 0.29) is 6.04 Å². The number of fused-ring (bicyclic) bond motifs is 1. The molecule has 0 fully saturated rings. The zero-order valence-electron chi connectivity index (χ0n) is 12.6. The molecule has 0 radical (unpaired) electrons. The van der Waals surface area contributed by atoms with Crippen molar-refractivity contribution in [3.05, 3.63) is 83.6 Å². The summed E-state index contributed by atoms with van der Waals surface area (Å²) < 4.78 is 2.13. The average Bonchev–Trinajstić information content (AvgIpc) is 2.95. The van der Waals surface area contributed by atoms with E-state index in [0.29, 0.717) is 6.04 Å². The summed E-state index contributed by atoms with van der Waals surface area (Å²) in [4.78, 5) is 0. The van der Waals surface area contributed by atoms with Gasteiger partial charge in [0.2, 0.25) is 0 Å². The molecule has 110 valence electrons. The Balaban J connectivity index is 1.77. The highest BCUT2D eigenvalue weighted by atomic mass is 15.4. The van der Waals surface area contributed by atoms with E-state index < -0.39 is 0 Å². The summed E-state index contributed by atoms with van der Waals surface area (Å²) in [6.45, 7) is 2.05. The molecule has 2 heterocycles. The molecule has 22 heavy (non-hydrogen) atoms. The van der Waals surface area contributed by atoms with E-state index in [4.69, 9.17) is 5.10 Å². The van der Waals surface area contributed by atoms with E-state index in [1.807, 2.05) is 6.92 Å². The maximum atomic E-state index is 4.69. The highest BCUT2D eigenvalue weighted by Gasteiger charge is 2.29. The summed E-state index contributed by atoms with van der Waals surface area (Å²) in [5, 5.41) is 8.33. The fourth-order valence-corrected chi connectivity index (χ4v) is 3.28. The second kappa shape index (κ2) is 5.34. The first-order valence-corrected chi connectivity index (χ1v) is 7.74. The highest BCUT2D eigenvalue weighted by Crippen LogP contribution is 2.38. The van der Waals surface area contributed by atoms with Crippen LogP contribution in [-0.4, -0.2) is 9.78 Å². The predicted octanol–water partition coefficient (Wildman–Crippen LogP) is 4.34. The molecule has 1 aliphatic heterocycles. The van der Waals surface area contributed by atoms with Crippen LogP contribution >= 0.6 is 0 Å². The Labute approximate surface area is 130 Å². The molecule has 0 amide bonds.